The molecule has 0 spiro atoms. The molecule has 1 N–H and O–H groups in total. The van der Waals surface area contributed by atoms with E-state index in [-0.39, 0.29) is 23.4 Å². The summed E-state index contributed by atoms with van der Waals surface area (Å²) >= 11 is 2.67. The summed E-state index contributed by atoms with van der Waals surface area (Å²) in [6.07, 6.45) is 2.16. The maximum atomic E-state index is 13.6. The van der Waals surface area contributed by atoms with Crippen LogP contribution in [0.4, 0.5) is 0 Å². The van der Waals surface area contributed by atoms with Crippen LogP contribution < -0.4 is 4.74 Å². The van der Waals surface area contributed by atoms with E-state index in [1.807, 2.05) is 30.5 Å². The van der Waals surface area contributed by atoms with E-state index in [1.54, 1.807) is 61.3 Å². The zero-order valence-corrected chi connectivity index (χ0v) is 19.6. The van der Waals surface area contributed by atoms with Crippen LogP contribution in [0.2, 0.25) is 0 Å². The zero-order valence-electron chi connectivity index (χ0n) is 17.9. The van der Waals surface area contributed by atoms with Gasteiger partial charge < -0.3 is 9.84 Å². The number of hydrogen-bond donors (Lipinski definition) is 1. The van der Waals surface area contributed by atoms with Gasteiger partial charge in [-0.15, -0.1) is 11.8 Å². The average molecular weight is 477 g/mol. The molecule has 0 aliphatic rings. The smallest absolute Gasteiger partial charge is 0.336 e. The monoisotopic (exact) mass is 476 g/mol. The van der Waals surface area contributed by atoms with Crippen molar-refractivity contribution in [3.05, 3.63) is 89.0 Å². The third kappa shape index (κ3) is 4.97. The maximum Gasteiger partial charge on any atom is 0.336 e. The molecular formula is C25H20N2O4S2. The van der Waals surface area contributed by atoms with Gasteiger partial charge in [0.2, 0.25) is 0 Å². The van der Waals surface area contributed by atoms with Gasteiger partial charge in [0.05, 0.1) is 24.4 Å². The Morgan fingerprint density at radius 2 is 1.61 bits per heavy atom. The Balaban J connectivity index is 1.87. The summed E-state index contributed by atoms with van der Waals surface area (Å²) in [6, 6.07) is 19.5. The second-order valence-corrected chi connectivity index (χ2v) is 8.62. The number of carbonyl (C=O) groups excluding carboxylic acids is 1. The Bertz CT molecular complexity index is 1340. The topological polar surface area (TPSA) is 89.4 Å². The molecule has 4 aromatic rings. The third-order valence-electron chi connectivity index (χ3n) is 5.22. The SMILES string of the molecule is COc1ccc(C(=O)/C(Cc2ccc(SC)cc2)=C(\C(=O)O)c2ccc3nsnc3c2)cc1. The number of hydrogen-bond acceptors (Lipinski definition) is 7. The van der Waals surface area contributed by atoms with Crippen LogP contribution in [0.15, 0.2) is 77.2 Å². The van der Waals surface area contributed by atoms with Crippen LogP contribution in [-0.4, -0.2) is 39.0 Å². The molecule has 0 saturated carbocycles. The molecule has 1 heterocycles. The molecule has 0 aliphatic heterocycles. The van der Waals surface area contributed by atoms with E-state index in [4.69, 9.17) is 4.74 Å². The maximum absolute atomic E-state index is 13.6. The van der Waals surface area contributed by atoms with Crippen LogP contribution in [0.25, 0.3) is 16.6 Å². The van der Waals surface area contributed by atoms with Gasteiger partial charge in [-0.25, -0.2) is 4.79 Å². The number of thioether (sulfide) groups is 1. The molecular weight excluding hydrogens is 456 g/mol. The fourth-order valence-electron chi connectivity index (χ4n) is 3.51. The van der Waals surface area contributed by atoms with Crippen molar-refractivity contribution < 1.29 is 19.4 Å². The second-order valence-electron chi connectivity index (χ2n) is 7.21. The fourth-order valence-corrected chi connectivity index (χ4v) is 4.44. The molecule has 1 aromatic heterocycles. The fraction of sp³-hybridized carbons (Fsp3) is 0.120. The van der Waals surface area contributed by atoms with Crippen LogP contribution in [0.3, 0.4) is 0 Å². The highest BCUT2D eigenvalue weighted by Crippen LogP contribution is 2.29. The molecule has 0 unspecified atom stereocenters. The summed E-state index contributed by atoms with van der Waals surface area (Å²) in [7, 11) is 1.55. The number of Topliss-reactive ketones (excluding diaryl/α,β-unsaturated/α-hetero) is 1. The molecule has 0 atom stereocenters. The van der Waals surface area contributed by atoms with Crippen molar-refractivity contribution >= 4 is 51.8 Å². The highest BCUT2D eigenvalue weighted by Gasteiger charge is 2.24. The molecule has 0 radical (unpaired) electrons. The second kappa shape index (κ2) is 9.97. The number of aliphatic carboxylic acids is 1. The van der Waals surface area contributed by atoms with E-state index in [2.05, 4.69) is 8.75 Å². The highest BCUT2D eigenvalue weighted by molar-refractivity contribution is 7.98. The predicted molar refractivity (Wildman–Crippen MR) is 131 cm³/mol. The van der Waals surface area contributed by atoms with Crippen LogP contribution in [0.5, 0.6) is 5.75 Å². The van der Waals surface area contributed by atoms with Gasteiger partial charge in [-0.2, -0.15) is 8.75 Å². The molecule has 0 saturated heterocycles. The molecule has 33 heavy (non-hydrogen) atoms. The van der Waals surface area contributed by atoms with Gasteiger partial charge in [0.15, 0.2) is 5.78 Å². The molecule has 0 amide bonds. The minimum absolute atomic E-state index is 0.0420. The first-order chi connectivity index (χ1) is 16.0. The number of carboxylic acids is 1. The number of ketones is 1. The van der Waals surface area contributed by atoms with Crippen LogP contribution in [0.1, 0.15) is 21.5 Å². The zero-order chi connectivity index (χ0) is 23.4. The van der Waals surface area contributed by atoms with Gasteiger partial charge in [0.25, 0.3) is 0 Å². The first-order valence-corrected chi connectivity index (χ1v) is 12.0. The predicted octanol–water partition coefficient (Wildman–Crippen LogP) is 5.39. The number of nitrogens with zero attached hydrogens (tertiary/aromatic N) is 2. The molecule has 0 aliphatic carbocycles. The number of allylic oxidation sites excluding steroid dienone is 1. The van der Waals surface area contributed by atoms with E-state index in [0.717, 1.165) is 22.2 Å². The van der Waals surface area contributed by atoms with Crippen molar-refractivity contribution in [1.29, 1.82) is 0 Å². The number of fused-ring (bicyclic) bond motifs is 1. The lowest BCUT2D eigenvalue weighted by Gasteiger charge is -2.14. The summed E-state index contributed by atoms with van der Waals surface area (Å²) in [5.74, 6) is -0.902. The number of aromatic nitrogens is 2. The lowest BCUT2D eigenvalue weighted by Crippen LogP contribution is -2.14. The number of ether oxygens (including phenoxy) is 1. The van der Waals surface area contributed by atoms with E-state index in [9.17, 15) is 14.7 Å². The van der Waals surface area contributed by atoms with Gasteiger partial charge in [-0.1, -0.05) is 18.2 Å². The minimum atomic E-state index is -1.17. The average Bonchev–Trinajstić information content (AvgIpc) is 3.31. The van der Waals surface area contributed by atoms with Gasteiger partial charge in [0.1, 0.15) is 16.8 Å². The van der Waals surface area contributed by atoms with Crippen LogP contribution in [-0.2, 0) is 11.2 Å². The third-order valence-corrected chi connectivity index (χ3v) is 6.52. The molecule has 6 nitrogen and oxygen atoms in total. The molecule has 0 bridgehead atoms. The van der Waals surface area contributed by atoms with E-state index in [0.29, 0.717) is 27.9 Å². The number of rotatable bonds is 8. The number of carbonyl (C=O) groups is 2. The molecule has 0 fully saturated rings. The lowest BCUT2D eigenvalue weighted by molar-refractivity contribution is -0.130. The summed E-state index contributed by atoms with van der Waals surface area (Å²) in [5.41, 5.74) is 3.09. The summed E-state index contributed by atoms with van der Waals surface area (Å²) in [6.45, 7) is 0. The normalized spacial score (nSPS) is 11.8. The van der Waals surface area contributed by atoms with E-state index in [1.165, 1.54) is 0 Å². The highest BCUT2D eigenvalue weighted by atomic mass is 32.2. The Kier molecular flexibility index (Phi) is 6.86. The molecule has 3 aromatic carbocycles. The number of benzene rings is 3. The molecule has 8 heteroatoms. The van der Waals surface area contributed by atoms with E-state index < -0.39 is 5.97 Å². The Morgan fingerprint density at radius 1 is 0.939 bits per heavy atom. The van der Waals surface area contributed by atoms with E-state index >= 15 is 0 Å². The number of methoxy groups -OCH3 is 1. The summed E-state index contributed by atoms with van der Waals surface area (Å²) in [4.78, 5) is 27.2. The van der Waals surface area contributed by atoms with Gasteiger partial charge in [-0.05, 0) is 65.9 Å². The van der Waals surface area contributed by atoms with Crippen LogP contribution in [0, 0.1) is 0 Å². The van der Waals surface area contributed by atoms with Crippen molar-refractivity contribution in [2.45, 2.75) is 11.3 Å². The van der Waals surface area contributed by atoms with Gasteiger partial charge in [-0.3, -0.25) is 4.79 Å². The summed E-state index contributed by atoms with van der Waals surface area (Å²) in [5, 5.41) is 10.2. The van der Waals surface area contributed by atoms with Crippen molar-refractivity contribution in [2.75, 3.05) is 13.4 Å². The van der Waals surface area contributed by atoms with Crippen molar-refractivity contribution in [1.82, 2.24) is 8.75 Å². The largest absolute Gasteiger partial charge is 0.497 e. The standard InChI is InChI=1S/C25H20N2O4S2/c1-31-18-8-5-16(6-9-18)24(28)20(13-15-3-10-19(32-2)11-4-15)23(25(29)30)17-7-12-21-22(14-17)27-33-26-21/h3-12,14H,13H2,1-2H3,(H,29,30)/b23-20-. The van der Waals surface area contributed by atoms with Gasteiger partial charge >= 0.3 is 5.97 Å². The van der Waals surface area contributed by atoms with Crippen molar-refractivity contribution in [3.63, 3.8) is 0 Å². The van der Waals surface area contributed by atoms with Crippen LogP contribution >= 0.6 is 23.5 Å². The first-order valence-electron chi connectivity index (χ1n) is 10.0. The Labute approximate surface area is 199 Å². The Morgan fingerprint density at radius 3 is 2.24 bits per heavy atom. The Hall–Kier alpha value is -3.49. The first kappa shape index (κ1) is 22.7. The molecule has 166 valence electrons. The molecule has 4 rings (SSSR count). The summed E-state index contributed by atoms with van der Waals surface area (Å²) < 4.78 is 13.6. The lowest BCUT2D eigenvalue weighted by atomic mass is 9.89. The van der Waals surface area contributed by atoms with Crippen molar-refractivity contribution in [3.8, 4) is 5.75 Å². The quantitative estimate of drug-likeness (QED) is 0.207. The van der Waals surface area contributed by atoms with Crippen molar-refractivity contribution in [2.24, 2.45) is 0 Å². The minimum Gasteiger partial charge on any atom is -0.497 e. The van der Waals surface area contributed by atoms with Gasteiger partial charge in [0, 0.05) is 22.5 Å². The number of carboxylic acid groups (broad SMARTS) is 1.